The van der Waals surface area contributed by atoms with Gasteiger partial charge in [0, 0.05) is 25.3 Å². The summed E-state index contributed by atoms with van der Waals surface area (Å²) in [7, 11) is 0. The minimum atomic E-state index is -0.656. The summed E-state index contributed by atoms with van der Waals surface area (Å²) >= 11 is 0. The van der Waals surface area contributed by atoms with Crippen molar-refractivity contribution in [2.24, 2.45) is 11.7 Å². The smallest absolute Gasteiger partial charge is 0.325 e. The van der Waals surface area contributed by atoms with E-state index in [0.29, 0.717) is 13.1 Å². The van der Waals surface area contributed by atoms with Crippen LogP contribution in [0.25, 0.3) is 0 Å². The van der Waals surface area contributed by atoms with Crippen LogP contribution in [-0.4, -0.2) is 39.9 Å². The largest absolute Gasteiger partial charge is 0.338 e. The van der Waals surface area contributed by atoms with Crippen molar-refractivity contribution < 1.29 is 4.79 Å². The highest BCUT2D eigenvalue weighted by Gasteiger charge is 2.27. The summed E-state index contributed by atoms with van der Waals surface area (Å²) in [6.07, 6.45) is 3.03. The van der Waals surface area contributed by atoms with Gasteiger partial charge in [-0.15, -0.1) is 0 Å². The van der Waals surface area contributed by atoms with Crippen LogP contribution in [0, 0.1) is 5.92 Å². The molecule has 1 amide bonds. The van der Waals surface area contributed by atoms with Crippen molar-refractivity contribution in [1.82, 2.24) is 14.9 Å². The van der Waals surface area contributed by atoms with Crippen LogP contribution >= 0.6 is 0 Å². The predicted octanol–water partition coefficient (Wildman–Crippen LogP) is -0.737. The zero-order chi connectivity index (χ0) is 14.0. The molecule has 0 bridgehead atoms. The molecule has 1 aliphatic rings. The molecule has 0 spiro atoms. The lowest BCUT2D eigenvalue weighted by Gasteiger charge is -2.34. The van der Waals surface area contributed by atoms with Gasteiger partial charge in [0.05, 0.1) is 0 Å². The maximum absolute atomic E-state index is 12.2. The Morgan fingerprint density at radius 3 is 2.89 bits per heavy atom. The summed E-state index contributed by atoms with van der Waals surface area (Å²) in [5, 5.41) is 0. The highest BCUT2D eigenvalue weighted by atomic mass is 16.2. The molecule has 1 aromatic heterocycles. The molecule has 1 fully saturated rings. The summed E-state index contributed by atoms with van der Waals surface area (Å²) < 4.78 is 0. The maximum Gasteiger partial charge on any atom is 0.325 e. The number of rotatable bonds is 2. The third-order valence-electron chi connectivity index (χ3n) is 3.54. The molecule has 0 saturated carbocycles. The van der Waals surface area contributed by atoms with Gasteiger partial charge in [-0.2, -0.15) is 0 Å². The fraction of sp³-hybridized carbons (Fsp3) is 0.583. The molecule has 0 radical (unpaired) electrons. The van der Waals surface area contributed by atoms with E-state index in [1.165, 1.54) is 6.20 Å². The predicted molar refractivity (Wildman–Crippen MR) is 70.0 cm³/mol. The van der Waals surface area contributed by atoms with Gasteiger partial charge in [-0.05, 0) is 25.7 Å². The molecular formula is C12H18N4O3. The summed E-state index contributed by atoms with van der Waals surface area (Å²) in [6.45, 7) is 3.08. The Bertz CT molecular complexity index is 575. The van der Waals surface area contributed by atoms with Crippen molar-refractivity contribution in [3.05, 3.63) is 32.6 Å². The molecule has 0 aliphatic carbocycles. The number of amides is 1. The number of aromatic nitrogens is 2. The Kier molecular flexibility index (Phi) is 3.84. The number of nitrogens with one attached hydrogen (secondary N) is 2. The van der Waals surface area contributed by atoms with Crippen LogP contribution in [0.4, 0.5) is 0 Å². The first-order chi connectivity index (χ1) is 8.99. The third-order valence-corrected chi connectivity index (χ3v) is 3.54. The molecule has 0 aromatic carbocycles. The second-order valence-corrected chi connectivity index (χ2v) is 5.00. The van der Waals surface area contributed by atoms with Gasteiger partial charge in [-0.3, -0.25) is 14.6 Å². The van der Waals surface area contributed by atoms with Crippen molar-refractivity contribution in [2.75, 3.05) is 13.1 Å². The first-order valence-electron chi connectivity index (χ1n) is 6.36. The van der Waals surface area contributed by atoms with Crippen LogP contribution in [0.15, 0.2) is 15.8 Å². The summed E-state index contributed by atoms with van der Waals surface area (Å²) in [6, 6.07) is 0.0180. The van der Waals surface area contributed by atoms with Gasteiger partial charge in [0.25, 0.3) is 11.5 Å². The maximum atomic E-state index is 12.2. The number of likely N-dealkylation sites (tertiary alicyclic amines) is 1. The van der Waals surface area contributed by atoms with Gasteiger partial charge < -0.3 is 15.6 Å². The number of carbonyl (C=O) groups excluding carboxylic acids is 1. The molecule has 1 aliphatic heterocycles. The molecule has 2 rings (SSSR count). The van der Waals surface area contributed by atoms with E-state index in [0.717, 1.165) is 12.8 Å². The minimum absolute atomic E-state index is 0.0180. The Balaban J connectivity index is 2.19. The number of nitrogens with two attached hydrogens (primary N) is 1. The number of aromatic amines is 2. The third kappa shape index (κ3) is 2.93. The summed E-state index contributed by atoms with van der Waals surface area (Å²) in [4.78, 5) is 40.8. The van der Waals surface area contributed by atoms with Crippen molar-refractivity contribution >= 4 is 5.91 Å². The lowest BCUT2D eigenvalue weighted by molar-refractivity contribution is 0.0658. The summed E-state index contributed by atoms with van der Waals surface area (Å²) in [5.74, 6) is -0.109. The molecule has 2 heterocycles. The van der Waals surface area contributed by atoms with Gasteiger partial charge in [0.15, 0.2) is 0 Å². The van der Waals surface area contributed by atoms with Gasteiger partial charge in [0.2, 0.25) is 0 Å². The Hall–Kier alpha value is -1.89. The van der Waals surface area contributed by atoms with Crippen LogP contribution in [0.2, 0.25) is 0 Å². The standard InChI is InChI=1S/C12H18N4O3/c1-7(13)8-3-2-4-16(6-8)11(18)9-5-14-12(19)15-10(9)17/h5,7-8H,2-4,6,13H2,1H3,(H2,14,15,17,19). The highest BCUT2D eigenvalue weighted by molar-refractivity contribution is 5.93. The Morgan fingerprint density at radius 1 is 1.53 bits per heavy atom. The Morgan fingerprint density at radius 2 is 2.26 bits per heavy atom. The minimum Gasteiger partial charge on any atom is -0.338 e. The quantitative estimate of drug-likeness (QED) is 0.654. The van der Waals surface area contributed by atoms with Crippen LogP contribution < -0.4 is 17.0 Å². The Labute approximate surface area is 109 Å². The molecule has 104 valence electrons. The number of H-pyrrole nitrogens is 2. The highest BCUT2D eigenvalue weighted by Crippen LogP contribution is 2.19. The number of carbonyl (C=O) groups is 1. The number of piperidine rings is 1. The molecule has 1 aromatic rings. The summed E-state index contributed by atoms with van der Waals surface area (Å²) in [5.41, 5.74) is 4.55. The van der Waals surface area contributed by atoms with Crippen molar-refractivity contribution in [3.63, 3.8) is 0 Å². The zero-order valence-corrected chi connectivity index (χ0v) is 10.8. The average molecular weight is 266 g/mol. The van der Waals surface area contributed by atoms with Gasteiger partial charge >= 0.3 is 5.69 Å². The number of hydrogen-bond donors (Lipinski definition) is 3. The fourth-order valence-electron chi connectivity index (χ4n) is 2.36. The normalized spacial score (nSPS) is 21.2. The van der Waals surface area contributed by atoms with Crippen LogP contribution in [0.1, 0.15) is 30.1 Å². The molecular weight excluding hydrogens is 248 g/mol. The van der Waals surface area contributed by atoms with E-state index in [4.69, 9.17) is 5.73 Å². The molecule has 2 atom stereocenters. The van der Waals surface area contributed by atoms with E-state index in [-0.39, 0.29) is 23.4 Å². The van der Waals surface area contributed by atoms with Crippen molar-refractivity contribution in [2.45, 2.75) is 25.8 Å². The van der Waals surface area contributed by atoms with E-state index < -0.39 is 11.2 Å². The molecule has 19 heavy (non-hydrogen) atoms. The average Bonchev–Trinajstić information content (AvgIpc) is 2.38. The zero-order valence-electron chi connectivity index (χ0n) is 10.8. The molecule has 2 unspecified atom stereocenters. The molecule has 1 saturated heterocycles. The van der Waals surface area contributed by atoms with Gasteiger partial charge in [0.1, 0.15) is 5.56 Å². The first kappa shape index (κ1) is 13.5. The fourth-order valence-corrected chi connectivity index (χ4v) is 2.36. The lowest BCUT2D eigenvalue weighted by atomic mass is 9.92. The van der Waals surface area contributed by atoms with E-state index in [1.54, 1.807) is 4.90 Å². The molecule has 4 N–H and O–H groups in total. The van der Waals surface area contributed by atoms with E-state index in [1.807, 2.05) is 6.92 Å². The molecule has 7 heteroatoms. The van der Waals surface area contributed by atoms with Crippen LogP contribution in [-0.2, 0) is 0 Å². The van der Waals surface area contributed by atoms with E-state index in [2.05, 4.69) is 9.97 Å². The number of nitrogens with zero attached hydrogens (tertiary/aromatic N) is 1. The second-order valence-electron chi connectivity index (χ2n) is 5.00. The number of hydrogen-bond acceptors (Lipinski definition) is 4. The van der Waals surface area contributed by atoms with Crippen molar-refractivity contribution in [1.29, 1.82) is 0 Å². The first-order valence-corrected chi connectivity index (χ1v) is 6.36. The lowest BCUT2D eigenvalue weighted by Crippen LogP contribution is -2.46. The van der Waals surface area contributed by atoms with Gasteiger partial charge in [-0.25, -0.2) is 4.79 Å². The molecule has 7 nitrogen and oxygen atoms in total. The van der Waals surface area contributed by atoms with E-state index >= 15 is 0 Å². The van der Waals surface area contributed by atoms with Crippen LogP contribution in [0.3, 0.4) is 0 Å². The van der Waals surface area contributed by atoms with Crippen molar-refractivity contribution in [3.8, 4) is 0 Å². The van der Waals surface area contributed by atoms with E-state index in [9.17, 15) is 14.4 Å². The van der Waals surface area contributed by atoms with Gasteiger partial charge in [-0.1, -0.05) is 0 Å². The van der Waals surface area contributed by atoms with Crippen LogP contribution in [0.5, 0.6) is 0 Å². The SMILES string of the molecule is CC(N)C1CCCN(C(=O)c2c[nH]c(=O)[nH]c2=O)C1. The topological polar surface area (TPSA) is 112 Å². The second kappa shape index (κ2) is 5.40. The monoisotopic (exact) mass is 266 g/mol.